The summed E-state index contributed by atoms with van der Waals surface area (Å²) in [6, 6.07) is 5.56. The summed E-state index contributed by atoms with van der Waals surface area (Å²) in [6.45, 7) is 2.59. The van der Waals surface area contributed by atoms with Crippen molar-refractivity contribution in [2.45, 2.75) is 32.6 Å². The van der Waals surface area contributed by atoms with Gasteiger partial charge in [-0.25, -0.2) is 0 Å². The van der Waals surface area contributed by atoms with E-state index in [0.717, 1.165) is 29.8 Å². The van der Waals surface area contributed by atoms with Gasteiger partial charge >= 0.3 is 0 Å². The van der Waals surface area contributed by atoms with Crippen LogP contribution in [0.25, 0.3) is 6.08 Å². The predicted octanol–water partition coefficient (Wildman–Crippen LogP) is 3.98. The summed E-state index contributed by atoms with van der Waals surface area (Å²) < 4.78 is 11.3. The molecule has 31 heavy (non-hydrogen) atoms. The van der Waals surface area contributed by atoms with Crippen molar-refractivity contribution < 1.29 is 19.1 Å². The molecule has 0 saturated carbocycles. The number of aryl methyl sites for hydroxylation is 1. The first kappa shape index (κ1) is 21.7. The third-order valence-corrected chi connectivity index (χ3v) is 6.76. The summed E-state index contributed by atoms with van der Waals surface area (Å²) in [7, 11) is 0. The summed E-state index contributed by atoms with van der Waals surface area (Å²) in [5, 5.41) is 11.8. The number of fused-ring (bicyclic) bond motifs is 1. The topological polar surface area (TPSA) is 93.7 Å². The maximum atomic E-state index is 12.7. The standard InChI is InChI=1S/C20H20N4O4S3/c1-12-22-23-19(30-12)21-17(25)5-3-2-4-8-24-18(26)16(31-20(24)29)10-13-6-7-14-15(9-13)28-11-27-14/h6-7,9-10H,2-5,8,11H2,1H3,(H,21,23,25). The van der Waals surface area contributed by atoms with Gasteiger partial charge in [0.1, 0.15) is 9.33 Å². The molecule has 1 aromatic heterocycles. The van der Waals surface area contributed by atoms with E-state index in [-0.39, 0.29) is 18.6 Å². The monoisotopic (exact) mass is 476 g/mol. The molecule has 1 aromatic carbocycles. The van der Waals surface area contributed by atoms with Crippen LogP contribution >= 0.6 is 35.3 Å². The van der Waals surface area contributed by atoms with Crippen molar-refractivity contribution in [3.63, 3.8) is 0 Å². The van der Waals surface area contributed by atoms with Crippen LogP contribution in [0, 0.1) is 6.92 Å². The zero-order valence-electron chi connectivity index (χ0n) is 16.8. The predicted molar refractivity (Wildman–Crippen MR) is 124 cm³/mol. The molecule has 1 saturated heterocycles. The van der Waals surface area contributed by atoms with Gasteiger partial charge in [-0.3, -0.25) is 14.5 Å². The Morgan fingerprint density at radius 1 is 1.26 bits per heavy atom. The molecule has 3 heterocycles. The minimum Gasteiger partial charge on any atom is -0.454 e. The maximum Gasteiger partial charge on any atom is 0.266 e. The van der Waals surface area contributed by atoms with Crippen molar-refractivity contribution in [1.82, 2.24) is 15.1 Å². The van der Waals surface area contributed by atoms with E-state index in [1.807, 2.05) is 31.2 Å². The average molecular weight is 477 g/mol. The molecule has 2 aliphatic heterocycles. The Kier molecular flexibility index (Phi) is 6.83. The number of nitrogens with one attached hydrogen (secondary N) is 1. The van der Waals surface area contributed by atoms with E-state index >= 15 is 0 Å². The number of carbonyl (C=O) groups excluding carboxylic acids is 2. The van der Waals surface area contributed by atoms with Gasteiger partial charge in [-0.15, -0.1) is 10.2 Å². The average Bonchev–Trinajstić information content (AvgIpc) is 3.43. The van der Waals surface area contributed by atoms with Crippen molar-refractivity contribution in [3.05, 3.63) is 33.7 Å². The van der Waals surface area contributed by atoms with Crippen LogP contribution in [-0.4, -0.2) is 44.6 Å². The number of anilines is 1. The van der Waals surface area contributed by atoms with Crippen molar-refractivity contribution in [2.75, 3.05) is 18.7 Å². The van der Waals surface area contributed by atoms with Crippen molar-refractivity contribution in [1.29, 1.82) is 0 Å². The van der Waals surface area contributed by atoms with Gasteiger partial charge < -0.3 is 14.8 Å². The third kappa shape index (κ3) is 5.41. The highest BCUT2D eigenvalue weighted by molar-refractivity contribution is 8.26. The molecule has 0 atom stereocenters. The lowest BCUT2D eigenvalue weighted by Crippen LogP contribution is -2.29. The van der Waals surface area contributed by atoms with Crippen LogP contribution in [0.15, 0.2) is 23.1 Å². The van der Waals surface area contributed by atoms with Crippen molar-refractivity contribution in [3.8, 4) is 11.5 Å². The van der Waals surface area contributed by atoms with Crippen LogP contribution in [0.1, 0.15) is 36.3 Å². The van der Waals surface area contributed by atoms with Gasteiger partial charge in [-0.2, -0.15) is 0 Å². The van der Waals surface area contributed by atoms with Gasteiger partial charge in [0.25, 0.3) is 5.91 Å². The fourth-order valence-electron chi connectivity index (χ4n) is 3.11. The molecular formula is C20H20N4O4S3. The first-order valence-corrected chi connectivity index (χ1v) is 11.8. The van der Waals surface area contributed by atoms with Gasteiger partial charge in [-0.1, -0.05) is 47.8 Å². The summed E-state index contributed by atoms with van der Waals surface area (Å²) in [6.07, 6.45) is 4.54. The molecule has 2 aromatic rings. The molecule has 162 valence electrons. The lowest BCUT2D eigenvalue weighted by molar-refractivity contribution is -0.122. The number of nitrogens with zero attached hydrogens (tertiary/aromatic N) is 3. The number of thiocarbonyl (C=S) groups is 1. The van der Waals surface area contributed by atoms with Gasteiger partial charge in [0.05, 0.1) is 4.91 Å². The molecule has 0 spiro atoms. The Hall–Kier alpha value is -2.50. The first-order chi connectivity index (χ1) is 15.0. The summed E-state index contributed by atoms with van der Waals surface area (Å²) in [4.78, 5) is 26.9. The first-order valence-electron chi connectivity index (χ1n) is 9.74. The molecule has 2 aliphatic rings. The second kappa shape index (κ2) is 9.75. The number of unbranched alkanes of at least 4 members (excludes halogenated alkanes) is 2. The Morgan fingerprint density at radius 2 is 2.10 bits per heavy atom. The number of thioether (sulfide) groups is 1. The van der Waals surface area contributed by atoms with Crippen LogP contribution in [0.4, 0.5) is 5.13 Å². The molecule has 0 unspecified atom stereocenters. The van der Waals surface area contributed by atoms with E-state index in [9.17, 15) is 9.59 Å². The molecule has 2 amide bonds. The number of amides is 2. The Bertz CT molecular complexity index is 1050. The molecule has 8 nitrogen and oxygen atoms in total. The van der Waals surface area contributed by atoms with Crippen molar-refractivity contribution >= 4 is 62.7 Å². The van der Waals surface area contributed by atoms with Crippen molar-refractivity contribution in [2.24, 2.45) is 0 Å². The van der Waals surface area contributed by atoms with Gasteiger partial charge in [0.15, 0.2) is 11.5 Å². The highest BCUT2D eigenvalue weighted by Gasteiger charge is 2.31. The lowest BCUT2D eigenvalue weighted by atomic mass is 10.1. The fraction of sp³-hybridized carbons (Fsp3) is 0.350. The van der Waals surface area contributed by atoms with Crippen LogP contribution in [0.5, 0.6) is 11.5 Å². The van der Waals surface area contributed by atoms with E-state index in [2.05, 4.69) is 15.5 Å². The zero-order valence-corrected chi connectivity index (χ0v) is 19.2. The second-order valence-corrected chi connectivity index (χ2v) is 9.79. The Labute approximate surface area is 193 Å². The molecule has 4 rings (SSSR count). The van der Waals surface area contributed by atoms with E-state index in [4.69, 9.17) is 21.7 Å². The summed E-state index contributed by atoms with van der Waals surface area (Å²) in [5.41, 5.74) is 0.862. The number of ether oxygens (including phenoxy) is 2. The fourth-order valence-corrected chi connectivity index (χ4v) is 5.02. The lowest BCUT2D eigenvalue weighted by Gasteiger charge is -2.14. The summed E-state index contributed by atoms with van der Waals surface area (Å²) in [5.74, 6) is 1.22. The van der Waals surface area contributed by atoms with Gasteiger partial charge in [-0.05, 0) is 43.5 Å². The largest absolute Gasteiger partial charge is 0.454 e. The minimum atomic E-state index is -0.0861. The number of hydrogen-bond donors (Lipinski definition) is 1. The molecule has 1 N–H and O–H groups in total. The number of carbonyl (C=O) groups is 2. The number of hydrogen-bond acceptors (Lipinski definition) is 9. The van der Waals surface area contributed by atoms with Crippen LogP contribution in [-0.2, 0) is 9.59 Å². The van der Waals surface area contributed by atoms with E-state index < -0.39 is 0 Å². The SMILES string of the molecule is Cc1nnc(NC(=O)CCCCCN2C(=O)C(=Cc3ccc4c(c3)OCO4)SC2=S)s1. The van der Waals surface area contributed by atoms with Gasteiger partial charge in [0, 0.05) is 13.0 Å². The number of benzene rings is 1. The highest BCUT2D eigenvalue weighted by Crippen LogP contribution is 2.36. The molecule has 0 radical (unpaired) electrons. The normalized spacial score (nSPS) is 16.4. The Morgan fingerprint density at radius 3 is 2.90 bits per heavy atom. The minimum absolute atomic E-state index is 0.0755. The quantitative estimate of drug-likeness (QED) is 0.347. The number of aromatic nitrogens is 2. The van der Waals surface area contributed by atoms with Gasteiger partial charge in [0.2, 0.25) is 17.8 Å². The van der Waals surface area contributed by atoms with Crippen LogP contribution < -0.4 is 14.8 Å². The summed E-state index contributed by atoms with van der Waals surface area (Å²) >= 11 is 8.04. The molecule has 0 bridgehead atoms. The van der Waals surface area contributed by atoms with Crippen LogP contribution in [0.3, 0.4) is 0 Å². The zero-order chi connectivity index (χ0) is 21.8. The molecular weight excluding hydrogens is 456 g/mol. The molecule has 0 aliphatic carbocycles. The Balaban J connectivity index is 1.22. The van der Waals surface area contributed by atoms with E-state index in [1.165, 1.54) is 23.1 Å². The molecule has 1 fully saturated rings. The second-order valence-electron chi connectivity index (χ2n) is 6.93. The van der Waals surface area contributed by atoms with Crippen LogP contribution in [0.2, 0.25) is 0 Å². The van der Waals surface area contributed by atoms with E-state index in [1.54, 1.807) is 4.90 Å². The smallest absolute Gasteiger partial charge is 0.266 e. The maximum absolute atomic E-state index is 12.7. The third-order valence-electron chi connectivity index (χ3n) is 4.63. The molecule has 11 heteroatoms. The van der Waals surface area contributed by atoms with E-state index in [0.29, 0.717) is 38.8 Å². The highest BCUT2D eigenvalue weighted by atomic mass is 32.2. The number of rotatable bonds is 8.